The van der Waals surface area contributed by atoms with E-state index in [1.165, 1.54) is 12.1 Å². The molecule has 1 aliphatic carbocycles. The van der Waals surface area contributed by atoms with Crippen LogP contribution in [0.15, 0.2) is 11.8 Å². The quantitative estimate of drug-likeness (QED) is 0.693. The molecule has 1 fully saturated rings. The second-order valence-electron chi connectivity index (χ2n) is 4.53. The molecule has 2 rings (SSSR count). The van der Waals surface area contributed by atoms with E-state index in [4.69, 9.17) is 9.47 Å². The summed E-state index contributed by atoms with van der Waals surface area (Å²) in [6.45, 7) is 6.02. The van der Waals surface area contributed by atoms with Crippen LogP contribution in [-0.4, -0.2) is 44.4 Å². The lowest BCUT2D eigenvalue weighted by molar-refractivity contribution is 0.0220. The standard InChI is InChI=1S/C12H21NO2/c1-10-3-4-11(12(9-10)14-2)13-5-7-15-8-6-13/h4,10,12H,3,5-9H2,1-2H3. The summed E-state index contributed by atoms with van der Waals surface area (Å²) in [5.41, 5.74) is 1.39. The van der Waals surface area contributed by atoms with Gasteiger partial charge in [-0.2, -0.15) is 0 Å². The zero-order chi connectivity index (χ0) is 10.7. The molecule has 2 aliphatic rings. The van der Waals surface area contributed by atoms with Gasteiger partial charge in [0.05, 0.1) is 19.3 Å². The van der Waals surface area contributed by atoms with Crippen LogP contribution in [0.1, 0.15) is 19.8 Å². The third-order valence-corrected chi connectivity index (χ3v) is 3.34. The smallest absolute Gasteiger partial charge is 0.0966 e. The van der Waals surface area contributed by atoms with Crippen molar-refractivity contribution in [1.82, 2.24) is 4.90 Å². The molecule has 86 valence electrons. The van der Waals surface area contributed by atoms with Gasteiger partial charge in [0.1, 0.15) is 0 Å². The molecule has 0 N–H and O–H groups in total. The van der Waals surface area contributed by atoms with Gasteiger partial charge in [-0.15, -0.1) is 0 Å². The highest BCUT2D eigenvalue weighted by Gasteiger charge is 2.26. The highest BCUT2D eigenvalue weighted by Crippen LogP contribution is 2.28. The third-order valence-electron chi connectivity index (χ3n) is 3.34. The SMILES string of the molecule is COC1CC(C)CC=C1N1CCOCC1. The summed E-state index contributed by atoms with van der Waals surface area (Å²) in [6.07, 6.45) is 4.99. The zero-order valence-electron chi connectivity index (χ0n) is 9.74. The van der Waals surface area contributed by atoms with Crippen LogP contribution in [0.25, 0.3) is 0 Å². The molecule has 0 aromatic carbocycles. The Labute approximate surface area is 92.0 Å². The molecule has 1 saturated heterocycles. The molecule has 1 heterocycles. The highest BCUT2D eigenvalue weighted by molar-refractivity contribution is 5.12. The largest absolute Gasteiger partial charge is 0.378 e. The van der Waals surface area contributed by atoms with E-state index in [0.29, 0.717) is 6.10 Å². The first-order valence-electron chi connectivity index (χ1n) is 5.87. The normalized spacial score (nSPS) is 32.7. The van der Waals surface area contributed by atoms with E-state index in [1.807, 2.05) is 7.11 Å². The van der Waals surface area contributed by atoms with Crippen LogP contribution in [0.3, 0.4) is 0 Å². The predicted octanol–water partition coefficient (Wildman–Crippen LogP) is 1.65. The van der Waals surface area contributed by atoms with Gasteiger partial charge in [0.25, 0.3) is 0 Å². The summed E-state index contributed by atoms with van der Waals surface area (Å²) >= 11 is 0. The zero-order valence-corrected chi connectivity index (χ0v) is 9.74. The van der Waals surface area contributed by atoms with Gasteiger partial charge < -0.3 is 14.4 Å². The summed E-state index contributed by atoms with van der Waals surface area (Å²) in [5, 5.41) is 0. The summed E-state index contributed by atoms with van der Waals surface area (Å²) in [6, 6.07) is 0. The maximum Gasteiger partial charge on any atom is 0.0966 e. The Morgan fingerprint density at radius 1 is 1.40 bits per heavy atom. The maximum absolute atomic E-state index is 5.58. The molecule has 2 atom stereocenters. The fourth-order valence-electron chi connectivity index (χ4n) is 2.41. The van der Waals surface area contributed by atoms with E-state index >= 15 is 0 Å². The van der Waals surface area contributed by atoms with Crippen molar-refractivity contribution in [3.63, 3.8) is 0 Å². The van der Waals surface area contributed by atoms with Crippen LogP contribution in [-0.2, 0) is 9.47 Å². The second kappa shape index (κ2) is 4.99. The van der Waals surface area contributed by atoms with Crippen molar-refractivity contribution in [2.75, 3.05) is 33.4 Å². The number of methoxy groups -OCH3 is 1. The summed E-state index contributed by atoms with van der Waals surface area (Å²) < 4.78 is 10.9. The van der Waals surface area contributed by atoms with Crippen LogP contribution in [0.4, 0.5) is 0 Å². The number of hydrogen-bond acceptors (Lipinski definition) is 3. The summed E-state index contributed by atoms with van der Waals surface area (Å²) in [4.78, 5) is 2.42. The van der Waals surface area contributed by atoms with Crippen LogP contribution in [0, 0.1) is 5.92 Å². The Kier molecular flexibility index (Phi) is 3.65. The van der Waals surface area contributed by atoms with Crippen LogP contribution in [0.2, 0.25) is 0 Å². The molecule has 0 aromatic rings. The molecule has 0 bridgehead atoms. The topological polar surface area (TPSA) is 21.7 Å². The minimum Gasteiger partial charge on any atom is -0.378 e. The van der Waals surface area contributed by atoms with Gasteiger partial charge in [0, 0.05) is 25.9 Å². The molecule has 2 unspecified atom stereocenters. The molecule has 3 nitrogen and oxygen atoms in total. The van der Waals surface area contributed by atoms with Gasteiger partial charge in [-0.25, -0.2) is 0 Å². The Bertz CT molecular complexity index is 234. The first-order chi connectivity index (χ1) is 7.31. The second-order valence-corrected chi connectivity index (χ2v) is 4.53. The number of ether oxygens (including phenoxy) is 2. The van der Waals surface area contributed by atoms with Crippen LogP contribution < -0.4 is 0 Å². The Morgan fingerprint density at radius 3 is 2.80 bits per heavy atom. The van der Waals surface area contributed by atoms with Crippen molar-refractivity contribution >= 4 is 0 Å². The lowest BCUT2D eigenvalue weighted by atomic mass is 9.91. The molecular formula is C12H21NO2. The number of nitrogens with zero attached hydrogens (tertiary/aromatic N) is 1. The molecule has 15 heavy (non-hydrogen) atoms. The molecule has 0 saturated carbocycles. The fraction of sp³-hybridized carbons (Fsp3) is 0.833. The Hall–Kier alpha value is -0.540. The molecule has 0 spiro atoms. The number of allylic oxidation sites excluding steroid dienone is 1. The van der Waals surface area contributed by atoms with Crippen molar-refractivity contribution in [3.8, 4) is 0 Å². The van der Waals surface area contributed by atoms with E-state index in [0.717, 1.165) is 38.6 Å². The lowest BCUT2D eigenvalue weighted by Crippen LogP contribution is -2.41. The molecule has 0 amide bonds. The van der Waals surface area contributed by atoms with Crippen molar-refractivity contribution in [2.45, 2.75) is 25.9 Å². The first-order valence-corrected chi connectivity index (χ1v) is 5.87. The van der Waals surface area contributed by atoms with E-state index in [1.54, 1.807) is 0 Å². The van der Waals surface area contributed by atoms with E-state index in [-0.39, 0.29) is 0 Å². The molecule has 0 aromatic heterocycles. The minimum absolute atomic E-state index is 0.298. The van der Waals surface area contributed by atoms with Crippen LogP contribution in [0.5, 0.6) is 0 Å². The van der Waals surface area contributed by atoms with E-state index in [9.17, 15) is 0 Å². The Morgan fingerprint density at radius 2 is 2.13 bits per heavy atom. The van der Waals surface area contributed by atoms with Gasteiger partial charge in [0.15, 0.2) is 0 Å². The molecule has 1 aliphatic heterocycles. The fourth-order valence-corrected chi connectivity index (χ4v) is 2.41. The van der Waals surface area contributed by atoms with Crippen molar-refractivity contribution in [2.24, 2.45) is 5.92 Å². The number of rotatable bonds is 2. The van der Waals surface area contributed by atoms with Crippen LogP contribution >= 0.6 is 0 Å². The predicted molar refractivity (Wildman–Crippen MR) is 59.7 cm³/mol. The summed E-state index contributed by atoms with van der Waals surface area (Å²) in [5.74, 6) is 0.750. The Balaban J connectivity index is 2.04. The average molecular weight is 211 g/mol. The van der Waals surface area contributed by atoms with E-state index in [2.05, 4.69) is 17.9 Å². The van der Waals surface area contributed by atoms with Gasteiger partial charge in [-0.05, 0) is 18.8 Å². The third kappa shape index (κ3) is 2.52. The first kappa shape index (κ1) is 11.0. The van der Waals surface area contributed by atoms with Gasteiger partial charge >= 0.3 is 0 Å². The van der Waals surface area contributed by atoms with Crippen molar-refractivity contribution in [1.29, 1.82) is 0 Å². The number of morpholine rings is 1. The van der Waals surface area contributed by atoms with Gasteiger partial charge in [0.2, 0.25) is 0 Å². The number of hydrogen-bond donors (Lipinski definition) is 0. The van der Waals surface area contributed by atoms with E-state index < -0.39 is 0 Å². The minimum atomic E-state index is 0.298. The van der Waals surface area contributed by atoms with Gasteiger partial charge in [-0.3, -0.25) is 0 Å². The summed E-state index contributed by atoms with van der Waals surface area (Å²) in [7, 11) is 1.82. The van der Waals surface area contributed by atoms with Gasteiger partial charge in [-0.1, -0.05) is 13.0 Å². The molecule has 0 radical (unpaired) electrons. The average Bonchev–Trinajstić information content (AvgIpc) is 2.30. The lowest BCUT2D eigenvalue weighted by Gasteiger charge is -2.37. The molecular weight excluding hydrogens is 190 g/mol. The van der Waals surface area contributed by atoms with Crippen molar-refractivity contribution < 1.29 is 9.47 Å². The van der Waals surface area contributed by atoms with Crippen molar-refractivity contribution in [3.05, 3.63) is 11.8 Å². The monoisotopic (exact) mass is 211 g/mol. The highest BCUT2D eigenvalue weighted by atomic mass is 16.5. The molecule has 3 heteroatoms. The maximum atomic E-state index is 5.58.